The molecular formula is C9H9Cl2N5. The maximum absolute atomic E-state index is 6.08. The van der Waals surface area contributed by atoms with Crippen molar-refractivity contribution in [2.75, 3.05) is 0 Å². The molecule has 4 N–H and O–H groups in total. The van der Waals surface area contributed by atoms with Gasteiger partial charge in [-0.05, 0) is 11.6 Å². The zero-order valence-electron chi connectivity index (χ0n) is 8.14. The number of hydrazone groups is 2. The summed E-state index contributed by atoms with van der Waals surface area (Å²) in [5.74, 6) is 5.36. The van der Waals surface area contributed by atoms with Gasteiger partial charge in [-0.25, -0.2) is 5.84 Å². The topological polar surface area (TPSA) is 80.0 Å². The zero-order valence-corrected chi connectivity index (χ0v) is 9.65. The highest BCUT2D eigenvalue weighted by Gasteiger charge is 2.21. The molecule has 0 radical (unpaired) electrons. The molecule has 0 amide bonds. The Kier molecular flexibility index (Phi) is 3.00. The lowest BCUT2D eigenvalue weighted by molar-refractivity contribution is 0.312. The van der Waals surface area contributed by atoms with E-state index in [1.165, 1.54) is 0 Å². The van der Waals surface area contributed by atoms with E-state index >= 15 is 0 Å². The van der Waals surface area contributed by atoms with E-state index in [9.17, 15) is 0 Å². The van der Waals surface area contributed by atoms with Crippen LogP contribution in [0, 0.1) is 0 Å². The van der Waals surface area contributed by atoms with Crippen molar-refractivity contribution >= 4 is 35.3 Å². The minimum atomic E-state index is -0.300. The van der Waals surface area contributed by atoms with Crippen molar-refractivity contribution in [3.63, 3.8) is 0 Å². The number of hydrogen-bond acceptors (Lipinski definition) is 5. The highest BCUT2D eigenvalue weighted by molar-refractivity contribution is 6.42. The average Bonchev–Trinajstić information content (AvgIpc) is 2.23. The van der Waals surface area contributed by atoms with Gasteiger partial charge >= 0.3 is 0 Å². The van der Waals surface area contributed by atoms with Crippen molar-refractivity contribution in [3.05, 3.63) is 33.8 Å². The van der Waals surface area contributed by atoms with E-state index in [0.717, 1.165) is 10.8 Å². The third-order valence-electron chi connectivity index (χ3n) is 2.19. The fourth-order valence-electron chi connectivity index (χ4n) is 1.42. The monoisotopic (exact) mass is 257 g/mol. The first kappa shape index (κ1) is 11.2. The van der Waals surface area contributed by atoms with Crippen molar-refractivity contribution < 1.29 is 0 Å². The van der Waals surface area contributed by atoms with Crippen molar-refractivity contribution in [2.24, 2.45) is 21.8 Å². The molecule has 2 rings (SSSR count). The molecule has 0 saturated carbocycles. The van der Waals surface area contributed by atoms with Crippen molar-refractivity contribution in [1.29, 1.82) is 0 Å². The highest BCUT2D eigenvalue weighted by Crippen LogP contribution is 2.31. The van der Waals surface area contributed by atoms with Gasteiger partial charge < -0.3 is 5.73 Å². The smallest absolute Gasteiger partial charge is 0.136 e. The number of nitrogens with zero attached hydrogens (tertiary/aromatic N) is 3. The van der Waals surface area contributed by atoms with Gasteiger partial charge in [0.25, 0.3) is 0 Å². The van der Waals surface area contributed by atoms with Crippen LogP contribution < -0.4 is 11.6 Å². The van der Waals surface area contributed by atoms with Crippen molar-refractivity contribution in [1.82, 2.24) is 5.23 Å². The molecule has 7 heteroatoms. The largest absolute Gasteiger partial charge is 0.385 e. The number of nitrogens with two attached hydrogens (primary N) is 2. The summed E-state index contributed by atoms with van der Waals surface area (Å²) in [6.45, 7) is 0. The van der Waals surface area contributed by atoms with Gasteiger partial charge in [-0.2, -0.15) is 5.10 Å². The minimum Gasteiger partial charge on any atom is -0.385 e. The van der Waals surface area contributed by atoms with Gasteiger partial charge in [0.15, 0.2) is 0 Å². The maximum Gasteiger partial charge on any atom is 0.136 e. The number of benzene rings is 1. The number of hydrogen-bond donors (Lipinski definition) is 2. The standard InChI is InChI=1S/C9H9Cl2N5/c10-7-3-1-2-5(8(7)11)6-4-14-16(13)15-9(6)12/h1-4,6H,13H2,(H2,12,15). The second-order valence-electron chi connectivity index (χ2n) is 3.23. The molecule has 0 spiro atoms. The lowest BCUT2D eigenvalue weighted by Crippen LogP contribution is -2.34. The summed E-state index contributed by atoms with van der Waals surface area (Å²) < 4.78 is 0. The van der Waals surface area contributed by atoms with Crippen LogP contribution in [0.5, 0.6) is 0 Å². The van der Waals surface area contributed by atoms with Crippen molar-refractivity contribution in [3.8, 4) is 0 Å². The van der Waals surface area contributed by atoms with Gasteiger partial charge in [0.05, 0.1) is 16.0 Å². The molecule has 1 unspecified atom stereocenters. The SMILES string of the molecule is NC1=NN(N)N=CC1c1cccc(Cl)c1Cl. The molecule has 1 heterocycles. The third-order valence-corrected chi connectivity index (χ3v) is 3.02. The molecule has 0 fully saturated rings. The summed E-state index contributed by atoms with van der Waals surface area (Å²) >= 11 is 12.0. The Morgan fingerprint density at radius 2 is 2.06 bits per heavy atom. The predicted molar refractivity (Wildman–Crippen MR) is 65.3 cm³/mol. The second kappa shape index (κ2) is 4.29. The molecule has 1 aromatic rings. The minimum absolute atomic E-state index is 0.300. The van der Waals surface area contributed by atoms with E-state index in [1.54, 1.807) is 18.3 Å². The lowest BCUT2D eigenvalue weighted by Gasteiger charge is -2.19. The maximum atomic E-state index is 6.08. The van der Waals surface area contributed by atoms with Crippen LogP contribution >= 0.6 is 23.2 Å². The van der Waals surface area contributed by atoms with Crippen LogP contribution in [-0.4, -0.2) is 17.3 Å². The molecule has 0 aromatic heterocycles. The van der Waals surface area contributed by atoms with Crippen LogP contribution in [0.3, 0.4) is 0 Å². The van der Waals surface area contributed by atoms with Crippen LogP contribution in [0.15, 0.2) is 28.4 Å². The number of hydrazine groups is 1. The first-order valence-electron chi connectivity index (χ1n) is 4.46. The lowest BCUT2D eigenvalue weighted by atomic mass is 9.99. The van der Waals surface area contributed by atoms with Gasteiger partial charge in [-0.15, -0.1) is 10.3 Å². The van der Waals surface area contributed by atoms with Gasteiger partial charge in [-0.3, -0.25) is 0 Å². The number of rotatable bonds is 1. The Bertz CT molecular complexity index is 471. The molecule has 84 valence electrons. The molecule has 0 bridgehead atoms. The first-order chi connectivity index (χ1) is 7.59. The second-order valence-corrected chi connectivity index (χ2v) is 4.02. The summed E-state index contributed by atoms with van der Waals surface area (Å²) in [6.07, 6.45) is 1.57. The fourth-order valence-corrected chi connectivity index (χ4v) is 1.84. The highest BCUT2D eigenvalue weighted by atomic mass is 35.5. The van der Waals surface area contributed by atoms with Gasteiger partial charge in [0.1, 0.15) is 5.84 Å². The number of amidine groups is 1. The van der Waals surface area contributed by atoms with Crippen molar-refractivity contribution in [2.45, 2.75) is 5.92 Å². The number of halogens is 2. The molecule has 16 heavy (non-hydrogen) atoms. The Balaban J connectivity index is 2.42. The molecule has 0 saturated heterocycles. The fraction of sp³-hybridized carbons (Fsp3) is 0.111. The van der Waals surface area contributed by atoms with E-state index in [2.05, 4.69) is 10.2 Å². The molecule has 1 atom stereocenters. The molecule has 1 aliphatic heterocycles. The third kappa shape index (κ3) is 1.97. The average molecular weight is 258 g/mol. The van der Waals surface area contributed by atoms with Gasteiger partial charge in [-0.1, -0.05) is 35.3 Å². The summed E-state index contributed by atoms with van der Waals surface area (Å²) in [4.78, 5) is 0. The predicted octanol–water partition coefficient (Wildman–Crippen LogP) is 1.52. The summed E-state index contributed by atoms with van der Waals surface area (Å²) in [6, 6.07) is 5.31. The Morgan fingerprint density at radius 3 is 2.75 bits per heavy atom. The van der Waals surface area contributed by atoms with E-state index in [0.29, 0.717) is 15.9 Å². The normalized spacial score (nSPS) is 19.8. The first-order valence-corrected chi connectivity index (χ1v) is 5.22. The van der Waals surface area contributed by atoms with Crippen LogP contribution in [0.4, 0.5) is 0 Å². The zero-order chi connectivity index (χ0) is 11.7. The van der Waals surface area contributed by atoms with E-state index < -0.39 is 0 Å². The van der Waals surface area contributed by atoms with Gasteiger partial charge in [0.2, 0.25) is 0 Å². The molecular weight excluding hydrogens is 249 g/mol. The van der Waals surface area contributed by atoms with E-state index in [1.807, 2.05) is 6.07 Å². The van der Waals surface area contributed by atoms with E-state index in [-0.39, 0.29) is 5.92 Å². The van der Waals surface area contributed by atoms with Crippen LogP contribution in [-0.2, 0) is 0 Å². The van der Waals surface area contributed by atoms with Crippen LogP contribution in [0.2, 0.25) is 10.0 Å². The van der Waals surface area contributed by atoms with E-state index in [4.69, 9.17) is 34.8 Å². The van der Waals surface area contributed by atoms with Crippen LogP contribution in [0.25, 0.3) is 0 Å². The summed E-state index contributed by atoms with van der Waals surface area (Å²) in [5.41, 5.74) is 6.51. The summed E-state index contributed by atoms with van der Waals surface area (Å²) in [5, 5.41) is 9.47. The van der Waals surface area contributed by atoms with Gasteiger partial charge in [0, 0.05) is 6.21 Å². The molecule has 1 aliphatic rings. The summed E-state index contributed by atoms with van der Waals surface area (Å²) in [7, 11) is 0. The molecule has 5 nitrogen and oxygen atoms in total. The quantitative estimate of drug-likeness (QED) is 0.749. The Hall–Kier alpha value is -1.30. The Labute approximate surface area is 102 Å². The Morgan fingerprint density at radius 1 is 1.31 bits per heavy atom. The van der Waals surface area contributed by atoms with Crippen LogP contribution in [0.1, 0.15) is 11.5 Å². The molecule has 0 aliphatic carbocycles. The molecule has 1 aromatic carbocycles.